The van der Waals surface area contributed by atoms with Gasteiger partial charge < -0.3 is 10.3 Å². The molecule has 1 amide bonds. The zero-order chi connectivity index (χ0) is 14.2. The van der Waals surface area contributed by atoms with E-state index < -0.39 is 0 Å². The van der Waals surface area contributed by atoms with Gasteiger partial charge in [-0.2, -0.15) is 0 Å². The van der Waals surface area contributed by atoms with Crippen LogP contribution in [0.5, 0.6) is 0 Å². The molecule has 3 nitrogen and oxygen atoms in total. The first-order valence-corrected chi connectivity index (χ1v) is 7.30. The lowest BCUT2D eigenvalue weighted by molar-refractivity contribution is 0.102. The van der Waals surface area contributed by atoms with Crippen LogP contribution in [0.2, 0.25) is 0 Å². The Kier molecular flexibility index (Phi) is 2.78. The molecule has 1 aliphatic carbocycles. The topological polar surface area (TPSA) is 44.9 Å². The molecule has 21 heavy (non-hydrogen) atoms. The van der Waals surface area contributed by atoms with Gasteiger partial charge in [0.1, 0.15) is 5.69 Å². The van der Waals surface area contributed by atoms with Crippen molar-refractivity contribution in [2.45, 2.75) is 19.3 Å². The molecule has 1 aromatic heterocycles. The van der Waals surface area contributed by atoms with Gasteiger partial charge in [-0.15, -0.1) is 0 Å². The number of para-hydroxylation sites is 1. The maximum atomic E-state index is 12.3. The Balaban J connectivity index is 1.60. The first kappa shape index (κ1) is 12.2. The number of nitrogens with one attached hydrogen (secondary N) is 2. The zero-order valence-corrected chi connectivity index (χ0v) is 11.6. The predicted octanol–water partition coefficient (Wildman–Crippen LogP) is 3.91. The Labute approximate surface area is 123 Å². The number of aromatic nitrogens is 1. The highest BCUT2D eigenvalue weighted by Gasteiger charge is 2.13. The maximum Gasteiger partial charge on any atom is 0.272 e. The van der Waals surface area contributed by atoms with Crippen molar-refractivity contribution in [1.29, 1.82) is 0 Å². The SMILES string of the molecule is O=C(Nc1ccc2c(c1)CCC2)c1cc2ccccc2[nH]1. The van der Waals surface area contributed by atoms with Crippen molar-refractivity contribution in [3.05, 3.63) is 65.4 Å². The van der Waals surface area contributed by atoms with Crippen molar-refractivity contribution in [2.75, 3.05) is 5.32 Å². The van der Waals surface area contributed by atoms with E-state index in [1.165, 1.54) is 17.5 Å². The van der Waals surface area contributed by atoms with Crippen molar-refractivity contribution in [1.82, 2.24) is 4.98 Å². The fourth-order valence-corrected chi connectivity index (χ4v) is 3.04. The summed E-state index contributed by atoms with van der Waals surface area (Å²) in [6.45, 7) is 0. The Morgan fingerprint density at radius 3 is 2.76 bits per heavy atom. The number of benzene rings is 2. The lowest BCUT2D eigenvalue weighted by atomic mass is 10.1. The zero-order valence-electron chi connectivity index (χ0n) is 11.6. The van der Waals surface area contributed by atoms with E-state index in [9.17, 15) is 4.79 Å². The molecule has 3 aromatic rings. The maximum absolute atomic E-state index is 12.3. The molecule has 1 aliphatic rings. The number of carbonyl (C=O) groups excluding carboxylic acids is 1. The van der Waals surface area contributed by atoms with E-state index in [2.05, 4.69) is 22.4 Å². The normalized spacial score (nSPS) is 13.3. The number of aromatic amines is 1. The van der Waals surface area contributed by atoms with Crippen LogP contribution in [0.4, 0.5) is 5.69 Å². The molecule has 0 radical (unpaired) electrons. The van der Waals surface area contributed by atoms with Crippen LogP contribution in [0.25, 0.3) is 10.9 Å². The highest BCUT2D eigenvalue weighted by molar-refractivity contribution is 6.05. The summed E-state index contributed by atoms with van der Waals surface area (Å²) in [5.41, 5.74) is 5.23. The Bertz CT molecular complexity index is 799. The number of carbonyl (C=O) groups is 1. The van der Waals surface area contributed by atoms with Crippen LogP contribution in [0, 0.1) is 0 Å². The highest BCUT2D eigenvalue weighted by Crippen LogP contribution is 2.25. The molecular weight excluding hydrogens is 260 g/mol. The number of H-pyrrole nitrogens is 1. The van der Waals surface area contributed by atoms with Crippen molar-refractivity contribution in [2.24, 2.45) is 0 Å². The minimum Gasteiger partial charge on any atom is -0.351 e. The first-order chi connectivity index (χ1) is 10.3. The number of aryl methyl sites for hydroxylation is 2. The Morgan fingerprint density at radius 2 is 1.86 bits per heavy atom. The van der Waals surface area contributed by atoms with Crippen molar-refractivity contribution >= 4 is 22.5 Å². The number of amides is 1. The molecular formula is C18H16N2O. The van der Waals surface area contributed by atoms with Gasteiger partial charge in [-0.05, 0) is 54.7 Å². The molecule has 2 N–H and O–H groups in total. The van der Waals surface area contributed by atoms with Gasteiger partial charge >= 0.3 is 0 Å². The molecule has 3 heteroatoms. The van der Waals surface area contributed by atoms with Gasteiger partial charge in [0.25, 0.3) is 5.91 Å². The average Bonchev–Trinajstić information content (AvgIpc) is 3.13. The quantitative estimate of drug-likeness (QED) is 0.732. The molecule has 0 atom stereocenters. The van der Waals surface area contributed by atoms with Gasteiger partial charge in [0.15, 0.2) is 0 Å². The van der Waals surface area contributed by atoms with Gasteiger partial charge in [-0.25, -0.2) is 0 Å². The molecule has 4 rings (SSSR count). The van der Waals surface area contributed by atoms with Crippen LogP contribution in [0.3, 0.4) is 0 Å². The summed E-state index contributed by atoms with van der Waals surface area (Å²) < 4.78 is 0. The van der Waals surface area contributed by atoms with Crippen molar-refractivity contribution in [3.63, 3.8) is 0 Å². The predicted molar refractivity (Wildman–Crippen MR) is 84.7 cm³/mol. The summed E-state index contributed by atoms with van der Waals surface area (Å²) in [5, 5.41) is 4.03. The molecule has 0 saturated carbocycles. The van der Waals surface area contributed by atoms with Crippen LogP contribution < -0.4 is 5.32 Å². The summed E-state index contributed by atoms with van der Waals surface area (Å²) in [6, 6.07) is 16.0. The van der Waals surface area contributed by atoms with Crippen LogP contribution >= 0.6 is 0 Å². The monoisotopic (exact) mass is 276 g/mol. The molecule has 0 spiro atoms. The molecule has 2 aromatic carbocycles. The minimum absolute atomic E-state index is 0.0934. The third kappa shape index (κ3) is 2.21. The van der Waals surface area contributed by atoms with Gasteiger partial charge in [0.2, 0.25) is 0 Å². The summed E-state index contributed by atoms with van der Waals surface area (Å²) in [7, 11) is 0. The second-order valence-corrected chi connectivity index (χ2v) is 5.56. The van der Waals surface area contributed by atoms with Crippen LogP contribution in [-0.2, 0) is 12.8 Å². The Morgan fingerprint density at radius 1 is 1.00 bits per heavy atom. The molecule has 1 heterocycles. The second kappa shape index (κ2) is 4.77. The van der Waals surface area contributed by atoms with E-state index in [1.54, 1.807) is 0 Å². The van der Waals surface area contributed by atoms with Crippen molar-refractivity contribution < 1.29 is 4.79 Å². The van der Waals surface area contributed by atoms with Gasteiger partial charge in [-0.3, -0.25) is 4.79 Å². The Hall–Kier alpha value is -2.55. The van der Waals surface area contributed by atoms with Crippen LogP contribution in [0.15, 0.2) is 48.5 Å². The summed E-state index contributed by atoms with van der Waals surface area (Å²) in [6.07, 6.45) is 3.49. The van der Waals surface area contributed by atoms with E-state index >= 15 is 0 Å². The second-order valence-electron chi connectivity index (χ2n) is 5.56. The first-order valence-electron chi connectivity index (χ1n) is 7.30. The fraction of sp³-hybridized carbons (Fsp3) is 0.167. The number of rotatable bonds is 2. The highest BCUT2D eigenvalue weighted by atomic mass is 16.1. The van der Waals surface area contributed by atoms with E-state index in [0.29, 0.717) is 5.69 Å². The number of hydrogen-bond donors (Lipinski definition) is 2. The number of fused-ring (bicyclic) bond motifs is 2. The fourth-order valence-electron chi connectivity index (χ4n) is 3.04. The average molecular weight is 276 g/mol. The smallest absolute Gasteiger partial charge is 0.272 e. The van der Waals surface area contributed by atoms with Crippen LogP contribution in [-0.4, -0.2) is 10.9 Å². The molecule has 0 fully saturated rings. The number of anilines is 1. The summed E-state index contributed by atoms with van der Waals surface area (Å²) in [5.74, 6) is -0.0934. The summed E-state index contributed by atoms with van der Waals surface area (Å²) in [4.78, 5) is 15.5. The van der Waals surface area contributed by atoms with Gasteiger partial charge in [-0.1, -0.05) is 24.3 Å². The van der Waals surface area contributed by atoms with E-state index in [0.717, 1.165) is 29.4 Å². The molecule has 0 aliphatic heterocycles. The largest absolute Gasteiger partial charge is 0.351 e. The minimum atomic E-state index is -0.0934. The third-order valence-electron chi connectivity index (χ3n) is 4.13. The molecule has 0 unspecified atom stereocenters. The lowest BCUT2D eigenvalue weighted by Crippen LogP contribution is -2.12. The standard InChI is InChI=1S/C18H16N2O/c21-18(17-11-14-4-1-2-7-16(14)20-17)19-15-9-8-12-5-3-6-13(12)10-15/h1-2,4,7-11,20H,3,5-6H2,(H,19,21). The van der Waals surface area contributed by atoms with E-state index in [1.807, 2.05) is 36.4 Å². The van der Waals surface area contributed by atoms with Gasteiger partial charge in [0.05, 0.1) is 0 Å². The van der Waals surface area contributed by atoms with Crippen LogP contribution in [0.1, 0.15) is 28.0 Å². The number of hydrogen-bond acceptors (Lipinski definition) is 1. The van der Waals surface area contributed by atoms with Crippen molar-refractivity contribution in [3.8, 4) is 0 Å². The van der Waals surface area contributed by atoms with Gasteiger partial charge in [0, 0.05) is 16.6 Å². The molecule has 0 bridgehead atoms. The van der Waals surface area contributed by atoms with E-state index in [4.69, 9.17) is 0 Å². The molecule has 104 valence electrons. The third-order valence-corrected chi connectivity index (χ3v) is 4.13. The van der Waals surface area contributed by atoms with E-state index in [-0.39, 0.29) is 5.91 Å². The molecule has 0 saturated heterocycles. The summed E-state index contributed by atoms with van der Waals surface area (Å²) >= 11 is 0. The lowest BCUT2D eigenvalue weighted by Gasteiger charge is -2.06.